The van der Waals surface area contributed by atoms with Crippen molar-refractivity contribution in [1.82, 2.24) is 19.9 Å². The summed E-state index contributed by atoms with van der Waals surface area (Å²) in [4.78, 5) is 13.5. The van der Waals surface area contributed by atoms with Gasteiger partial charge in [-0.3, -0.25) is 4.79 Å². The lowest BCUT2D eigenvalue weighted by Gasteiger charge is -2.32. The number of nitrogens with zero attached hydrogens (tertiary/aromatic N) is 4. The largest absolute Gasteiger partial charge is 0.390 e. The Hall–Kier alpha value is -1.43. The first kappa shape index (κ1) is 12.0. The molecular formula is C11H18N4O2. The van der Waals surface area contributed by atoms with Gasteiger partial charge >= 0.3 is 0 Å². The predicted octanol–water partition coefficient (Wildman–Crippen LogP) is 0.344. The Balaban J connectivity index is 2.04. The molecule has 1 aliphatic heterocycles. The molecule has 17 heavy (non-hydrogen) atoms. The predicted molar refractivity (Wildman–Crippen MR) is 61.1 cm³/mol. The second-order valence-corrected chi connectivity index (χ2v) is 4.34. The van der Waals surface area contributed by atoms with Crippen LogP contribution in [0.5, 0.6) is 0 Å². The summed E-state index contributed by atoms with van der Waals surface area (Å²) in [5.74, 6) is 0.192. The van der Waals surface area contributed by atoms with Gasteiger partial charge in [0.05, 0.1) is 18.8 Å². The van der Waals surface area contributed by atoms with E-state index in [1.807, 2.05) is 11.8 Å². The monoisotopic (exact) mass is 238 g/mol. The van der Waals surface area contributed by atoms with Crippen molar-refractivity contribution in [2.45, 2.75) is 38.8 Å². The van der Waals surface area contributed by atoms with E-state index in [0.29, 0.717) is 18.7 Å². The molecule has 94 valence electrons. The van der Waals surface area contributed by atoms with Crippen molar-refractivity contribution in [3.63, 3.8) is 0 Å². The molecule has 2 rings (SSSR count). The number of likely N-dealkylation sites (tertiary alicyclic amines) is 1. The molecular weight excluding hydrogens is 220 g/mol. The summed E-state index contributed by atoms with van der Waals surface area (Å²) >= 11 is 0. The summed E-state index contributed by atoms with van der Waals surface area (Å²) in [6.07, 6.45) is 4.29. The van der Waals surface area contributed by atoms with Gasteiger partial charge in [0, 0.05) is 19.5 Å². The number of hydrogen-bond acceptors (Lipinski definition) is 4. The summed E-state index contributed by atoms with van der Waals surface area (Å²) in [7, 11) is 0. The topological polar surface area (TPSA) is 71.2 Å². The summed E-state index contributed by atoms with van der Waals surface area (Å²) in [5, 5.41) is 16.8. The van der Waals surface area contributed by atoms with E-state index in [9.17, 15) is 4.79 Å². The number of hydrogen-bond donors (Lipinski definition) is 1. The first-order valence-corrected chi connectivity index (χ1v) is 6.04. The maximum absolute atomic E-state index is 11.6. The highest BCUT2D eigenvalue weighted by atomic mass is 16.3. The van der Waals surface area contributed by atoms with Gasteiger partial charge in [-0.2, -0.15) is 0 Å². The Morgan fingerprint density at radius 2 is 2.47 bits per heavy atom. The lowest BCUT2D eigenvalue weighted by atomic mass is 10.1. The molecule has 6 nitrogen and oxygen atoms in total. The Morgan fingerprint density at radius 3 is 3.12 bits per heavy atom. The molecule has 0 radical (unpaired) electrons. The molecule has 0 saturated carbocycles. The average Bonchev–Trinajstić information content (AvgIpc) is 2.86. The molecule has 1 fully saturated rings. The van der Waals surface area contributed by atoms with E-state index >= 15 is 0 Å². The van der Waals surface area contributed by atoms with Crippen LogP contribution < -0.4 is 0 Å². The van der Waals surface area contributed by atoms with Gasteiger partial charge in [0.15, 0.2) is 0 Å². The molecule has 1 N–H and O–H groups in total. The summed E-state index contributed by atoms with van der Waals surface area (Å²) < 4.78 is 1.76. The fraction of sp³-hybridized carbons (Fsp3) is 0.727. The Bertz CT molecular complexity index is 391. The van der Waals surface area contributed by atoms with Crippen LogP contribution in [0.1, 0.15) is 37.9 Å². The number of aliphatic hydroxyl groups is 1. The number of rotatable bonds is 3. The second kappa shape index (κ2) is 5.27. The maximum Gasteiger partial charge on any atom is 0.222 e. The Kier molecular flexibility index (Phi) is 3.73. The van der Waals surface area contributed by atoms with Crippen LogP contribution in [0.15, 0.2) is 6.20 Å². The van der Waals surface area contributed by atoms with E-state index in [1.165, 1.54) is 0 Å². The number of amides is 1. The molecule has 0 aromatic carbocycles. The first-order chi connectivity index (χ1) is 8.24. The van der Waals surface area contributed by atoms with Crippen LogP contribution in [0.3, 0.4) is 0 Å². The molecule has 1 aliphatic rings. The van der Waals surface area contributed by atoms with E-state index in [1.54, 1.807) is 10.9 Å². The smallest absolute Gasteiger partial charge is 0.222 e. The second-order valence-electron chi connectivity index (χ2n) is 4.34. The molecule has 2 heterocycles. The number of aromatic nitrogens is 3. The zero-order chi connectivity index (χ0) is 12.3. The minimum Gasteiger partial charge on any atom is -0.390 e. The van der Waals surface area contributed by atoms with Crippen molar-refractivity contribution < 1.29 is 9.90 Å². The fourth-order valence-electron chi connectivity index (χ4n) is 2.19. The quantitative estimate of drug-likeness (QED) is 0.824. The van der Waals surface area contributed by atoms with Crippen molar-refractivity contribution in [2.75, 3.05) is 13.1 Å². The lowest BCUT2D eigenvalue weighted by Crippen LogP contribution is -2.40. The van der Waals surface area contributed by atoms with E-state index in [2.05, 4.69) is 10.3 Å². The fourth-order valence-corrected chi connectivity index (χ4v) is 2.19. The average molecular weight is 238 g/mol. The molecule has 1 saturated heterocycles. The Morgan fingerprint density at radius 1 is 1.65 bits per heavy atom. The van der Waals surface area contributed by atoms with Gasteiger partial charge in [-0.15, -0.1) is 5.10 Å². The van der Waals surface area contributed by atoms with Crippen molar-refractivity contribution >= 4 is 5.91 Å². The SMILES string of the molecule is CCC(=O)N1CCC[C@@H](n2cc(CO)nn2)C1. The van der Waals surface area contributed by atoms with Gasteiger partial charge < -0.3 is 10.0 Å². The third kappa shape index (κ3) is 2.63. The van der Waals surface area contributed by atoms with Gasteiger partial charge in [-0.25, -0.2) is 4.68 Å². The third-order valence-electron chi connectivity index (χ3n) is 3.15. The van der Waals surface area contributed by atoms with Crippen molar-refractivity contribution in [1.29, 1.82) is 0 Å². The third-order valence-corrected chi connectivity index (χ3v) is 3.15. The van der Waals surface area contributed by atoms with Crippen LogP contribution >= 0.6 is 0 Å². The summed E-state index contributed by atoms with van der Waals surface area (Å²) in [6.45, 7) is 3.32. The molecule has 1 aromatic heterocycles. The van der Waals surface area contributed by atoms with Crippen LogP contribution in [-0.2, 0) is 11.4 Å². The van der Waals surface area contributed by atoms with Gasteiger partial charge in [0.1, 0.15) is 5.69 Å². The first-order valence-electron chi connectivity index (χ1n) is 6.04. The van der Waals surface area contributed by atoms with Gasteiger partial charge in [-0.05, 0) is 12.8 Å². The standard InChI is InChI=1S/C11H18N4O2/c1-2-11(17)14-5-3-4-10(7-14)15-6-9(8-16)12-13-15/h6,10,16H,2-5,7-8H2,1H3/t10-/m1/s1. The lowest BCUT2D eigenvalue weighted by molar-refractivity contribution is -0.132. The molecule has 0 bridgehead atoms. The van der Waals surface area contributed by atoms with Crippen molar-refractivity contribution in [3.05, 3.63) is 11.9 Å². The minimum atomic E-state index is -0.0929. The molecule has 0 unspecified atom stereocenters. The summed E-state index contributed by atoms with van der Waals surface area (Å²) in [6, 6.07) is 0.187. The number of carbonyl (C=O) groups excluding carboxylic acids is 1. The van der Waals surface area contributed by atoms with E-state index in [-0.39, 0.29) is 18.6 Å². The molecule has 0 spiro atoms. The maximum atomic E-state index is 11.6. The van der Waals surface area contributed by atoms with Gasteiger partial charge in [0.2, 0.25) is 5.91 Å². The normalized spacial score (nSPS) is 20.6. The van der Waals surface area contributed by atoms with Crippen LogP contribution in [0.25, 0.3) is 0 Å². The van der Waals surface area contributed by atoms with Crippen molar-refractivity contribution in [2.24, 2.45) is 0 Å². The zero-order valence-corrected chi connectivity index (χ0v) is 10.0. The van der Waals surface area contributed by atoms with Gasteiger partial charge in [-0.1, -0.05) is 12.1 Å². The van der Waals surface area contributed by atoms with Crippen LogP contribution in [0.2, 0.25) is 0 Å². The molecule has 6 heteroatoms. The van der Waals surface area contributed by atoms with Crippen LogP contribution in [-0.4, -0.2) is 44.0 Å². The number of aliphatic hydroxyl groups excluding tert-OH is 1. The molecule has 1 amide bonds. The van der Waals surface area contributed by atoms with E-state index in [4.69, 9.17) is 5.11 Å². The Labute approximate surface area is 100 Å². The highest BCUT2D eigenvalue weighted by Gasteiger charge is 2.24. The molecule has 0 aliphatic carbocycles. The molecule has 1 aromatic rings. The zero-order valence-electron chi connectivity index (χ0n) is 10.0. The van der Waals surface area contributed by atoms with E-state index in [0.717, 1.165) is 19.4 Å². The number of carbonyl (C=O) groups is 1. The van der Waals surface area contributed by atoms with Crippen LogP contribution in [0.4, 0.5) is 0 Å². The van der Waals surface area contributed by atoms with Crippen LogP contribution in [0, 0.1) is 0 Å². The van der Waals surface area contributed by atoms with Crippen molar-refractivity contribution in [3.8, 4) is 0 Å². The highest BCUT2D eigenvalue weighted by molar-refractivity contribution is 5.75. The number of piperidine rings is 1. The summed E-state index contributed by atoms with van der Waals surface area (Å²) in [5.41, 5.74) is 0.573. The van der Waals surface area contributed by atoms with E-state index < -0.39 is 0 Å². The minimum absolute atomic E-state index is 0.0929. The van der Waals surface area contributed by atoms with Gasteiger partial charge in [0.25, 0.3) is 0 Å². The highest BCUT2D eigenvalue weighted by Crippen LogP contribution is 2.21. The molecule has 1 atom stereocenters.